The van der Waals surface area contributed by atoms with Crippen LogP contribution in [0.5, 0.6) is 0 Å². The number of rotatable bonds is 5. The van der Waals surface area contributed by atoms with Crippen molar-refractivity contribution in [2.75, 3.05) is 0 Å². The summed E-state index contributed by atoms with van der Waals surface area (Å²) >= 11 is 0. The van der Waals surface area contributed by atoms with E-state index in [0.29, 0.717) is 6.54 Å². The van der Waals surface area contributed by atoms with E-state index in [1.165, 1.54) is 0 Å². The molecule has 0 radical (unpaired) electrons. The van der Waals surface area contributed by atoms with Crippen molar-refractivity contribution in [3.05, 3.63) is 59.4 Å². The molecule has 112 valence electrons. The topological polar surface area (TPSA) is 85.1 Å². The number of aromatic nitrogens is 1. The number of hydrogen-bond acceptors (Lipinski definition) is 4. The van der Waals surface area contributed by atoms with Crippen molar-refractivity contribution in [2.24, 2.45) is 5.73 Å². The van der Waals surface area contributed by atoms with E-state index in [-0.39, 0.29) is 10.9 Å². The van der Waals surface area contributed by atoms with E-state index >= 15 is 0 Å². The van der Waals surface area contributed by atoms with Crippen LogP contribution in [-0.2, 0) is 16.6 Å². The van der Waals surface area contributed by atoms with Gasteiger partial charge in [-0.3, -0.25) is 4.98 Å². The quantitative estimate of drug-likeness (QED) is 0.883. The Balaban J connectivity index is 2.24. The summed E-state index contributed by atoms with van der Waals surface area (Å²) in [5.74, 6) is 0. The second-order valence-corrected chi connectivity index (χ2v) is 6.64. The zero-order chi connectivity index (χ0) is 15.5. The van der Waals surface area contributed by atoms with Crippen molar-refractivity contribution in [2.45, 2.75) is 31.3 Å². The van der Waals surface area contributed by atoms with E-state index in [9.17, 15) is 8.42 Å². The Morgan fingerprint density at radius 3 is 2.67 bits per heavy atom. The maximum atomic E-state index is 12.4. The van der Waals surface area contributed by atoms with E-state index in [1.807, 2.05) is 13.0 Å². The smallest absolute Gasteiger partial charge is 0.241 e. The summed E-state index contributed by atoms with van der Waals surface area (Å²) in [6, 6.07) is 8.23. The van der Waals surface area contributed by atoms with Gasteiger partial charge in [0.25, 0.3) is 0 Å². The lowest BCUT2D eigenvalue weighted by molar-refractivity contribution is 0.566. The summed E-state index contributed by atoms with van der Waals surface area (Å²) in [6.07, 6.45) is 3.30. The minimum Gasteiger partial charge on any atom is -0.326 e. The van der Waals surface area contributed by atoms with Gasteiger partial charge in [0, 0.05) is 25.0 Å². The van der Waals surface area contributed by atoms with Crippen molar-refractivity contribution in [3.63, 3.8) is 0 Å². The molecule has 0 aliphatic rings. The van der Waals surface area contributed by atoms with Gasteiger partial charge in [0.2, 0.25) is 10.0 Å². The summed E-state index contributed by atoms with van der Waals surface area (Å²) in [5.41, 5.74) is 8.22. The first kappa shape index (κ1) is 15.6. The lowest BCUT2D eigenvalue weighted by atomic mass is 10.1. The van der Waals surface area contributed by atoms with Gasteiger partial charge in [-0.15, -0.1) is 0 Å². The Morgan fingerprint density at radius 2 is 2.10 bits per heavy atom. The Morgan fingerprint density at radius 1 is 1.33 bits per heavy atom. The highest BCUT2D eigenvalue weighted by Crippen LogP contribution is 2.18. The fourth-order valence-corrected chi connectivity index (χ4v) is 3.38. The molecule has 0 spiro atoms. The van der Waals surface area contributed by atoms with Crippen LogP contribution in [0.15, 0.2) is 47.6 Å². The van der Waals surface area contributed by atoms with E-state index in [0.717, 1.165) is 16.7 Å². The minimum atomic E-state index is -3.57. The number of nitrogens with zero attached hydrogens (tertiary/aromatic N) is 1. The van der Waals surface area contributed by atoms with Crippen molar-refractivity contribution in [1.82, 2.24) is 9.71 Å². The van der Waals surface area contributed by atoms with Crippen molar-refractivity contribution in [1.29, 1.82) is 0 Å². The molecular weight excluding hydrogens is 286 g/mol. The first-order chi connectivity index (χ1) is 9.94. The van der Waals surface area contributed by atoms with Crippen LogP contribution in [0.3, 0.4) is 0 Å². The van der Waals surface area contributed by atoms with Gasteiger partial charge in [0.05, 0.1) is 4.90 Å². The standard InChI is InChI=1S/C15H19N3O2S/c1-11-8-15(6-5-13(11)9-16)21(19,20)18-12(2)14-4-3-7-17-10-14/h3-8,10,12,18H,9,16H2,1-2H3. The number of benzene rings is 1. The average Bonchev–Trinajstić information content (AvgIpc) is 2.47. The summed E-state index contributed by atoms with van der Waals surface area (Å²) in [5, 5.41) is 0. The van der Waals surface area contributed by atoms with Gasteiger partial charge in [-0.1, -0.05) is 12.1 Å². The molecule has 0 amide bonds. The number of hydrogen-bond donors (Lipinski definition) is 2. The van der Waals surface area contributed by atoms with Gasteiger partial charge in [-0.2, -0.15) is 0 Å². The van der Waals surface area contributed by atoms with Crippen LogP contribution in [-0.4, -0.2) is 13.4 Å². The molecule has 0 aliphatic heterocycles. The van der Waals surface area contributed by atoms with E-state index in [1.54, 1.807) is 43.6 Å². The monoisotopic (exact) mass is 305 g/mol. The fraction of sp³-hybridized carbons (Fsp3) is 0.267. The molecule has 2 rings (SSSR count). The molecule has 0 saturated carbocycles. The molecule has 0 aliphatic carbocycles. The largest absolute Gasteiger partial charge is 0.326 e. The molecule has 0 fully saturated rings. The molecule has 6 heteroatoms. The molecule has 1 atom stereocenters. The maximum Gasteiger partial charge on any atom is 0.241 e. The van der Waals surface area contributed by atoms with Crippen molar-refractivity contribution in [3.8, 4) is 0 Å². The second-order valence-electron chi connectivity index (χ2n) is 4.92. The van der Waals surface area contributed by atoms with Gasteiger partial charge in [0.1, 0.15) is 0 Å². The Hall–Kier alpha value is -1.76. The van der Waals surface area contributed by atoms with Crippen LogP contribution in [0.4, 0.5) is 0 Å². The molecule has 2 aromatic rings. The maximum absolute atomic E-state index is 12.4. The van der Waals surface area contributed by atoms with Crippen LogP contribution in [0.2, 0.25) is 0 Å². The SMILES string of the molecule is Cc1cc(S(=O)(=O)NC(C)c2cccnc2)ccc1CN. The summed E-state index contributed by atoms with van der Waals surface area (Å²) in [7, 11) is -3.57. The van der Waals surface area contributed by atoms with Crippen molar-refractivity contribution >= 4 is 10.0 Å². The predicted octanol–water partition coefficient (Wildman–Crippen LogP) is 1.89. The van der Waals surface area contributed by atoms with E-state index in [4.69, 9.17) is 5.73 Å². The third-order valence-corrected chi connectivity index (χ3v) is 4.90. The van der Waals surface area contributed by atoms with Crippen LogP contribution >= 0.6 is 0 Å². The summed E-state index contributed by atoms with van der Waals surface area (Å²) in [6.45, 7) is 4.03. The first-order valence-corrected chi connectivity index (χ1v) is 8.14. The highest BCUT2D eigenvalue weighted by atomic mass is 32.2. The molecule has 3 N–H and O–H groups in total. The molecule has 1 aromatic heterocycles. The molecular formula is C15H19N3O2S. The van der Waals surface area contributed by atoms with Crippen LogP contribution in [0, 0.1) is 6.92 Å². The van der Waals surface area contributed by atoms with Crippen LogP contribution in [0.1, 0.15) is 29.7 Å². The van der Waals surface area contributed by atoms with E-state index in [2.05, 4.69) is 9.71 Å². The molecule has 0 saturated heterocycles. The average molecular weight is 305 g/mol. The lowest BCUT2D eigenvalue weighted by Gasteiger charge is -2.15. The van der Waals surface area contributed by atoms with Gasteiger partial charge >= 0.3 is 0 Å². The first-order valence-electron chi connectivity index (χ1n) is 6.66. The van der Waals surface area contributed by atoms with Gasteiger partial charge in [-0.25, -0.2) is 13.1 Å². The number of pyridine rings is 1. The predicted molar refractivity (Wildman–Crippen MR) is 82.0 cm³/mol. The van der Waals surface area contributed by atoms with Gasteiger partial charge in [0.15, 0.2) is 0 Å². The lowest BCUT2D eigenvalue weighted by Crippen LogP contribution is -2.27. The fourth-order valence-electron chi connectivity index (χ4n) is 2.07. The van der Waals surface area contributed by atoms with Gasteiger partial charge in [-0.05, 0) is 48.7 Å². The number of nitrogens with two attached hydrogens (primary N) is 1. The third-order valence-electron chi connectivity index (χ3n) is 3.36. The zero-order valence-corrected chi connectivity index (χ0v) is 12.9. The van der Waals surface area contributed by atoms with Gasteiger partial charge < -0.3 is 5.73 Å². The zero-order valence-electron chi connectivity index (χ0n) is 12.1. The third kappa shape index (κ3) is 3.66. The molecule has 0 bridgehead atoms. The van der Waals surface area contributed by atoms with E-state index < -0.39 is 10.0 Å². The Labute approximate surface area is 125 Å². The minimum absolute atomic E-state index is 0.243. The van der Waals surface area contributed by atoms with Crippen LogP contribution in [0.25, 0.3) is 0 Å². The molecule has 5 nitrogen and oxygen atoms in total. The Kier molecular flexibility index (Phi) is 4.72. The molecule has 1 heterocycles. The van der Waals surface area contributed by atoms with Crippen LogP contribution < -0.4 is 10.5 Å². The molecule has 1 aromatic carbocycles. The summed E-state index contributed by atoms with van der Waals surface area (Å²) in [4.78, 5) is 4.24. The number of sulfonamides is 1. The number of aryl methyl sites for hydroxylation is 1. The molecule has 21 heavy (non-hydrogen) atoms. The Bertz CT molecular complexity index is 715. The summed E-state index contributed by atoms with van der Waals surface area (Å²) < 4.78 is 27.5. The highest BCUT2D eigenvalue weighted by Gasteiger charge is 2.19. The number of nitrogens with one attached hydrogen (secondary N) is 1. The normalized spacial score (nSPS) is 13.1. The molecule has 1 unspecified atom stereocenters. The second kappa shape index (κ2) is 6.34. The van der Waals surface area contributed by atoms with Crippen molar-refractivity contribution < 1.29 is 8.42 Å². The highest BCUT2D eigenvalue weighted by molar-refractivity contribution is 7.89.